The number of amides is 1. The van der Waals surface area contributed by atoms with Gasteiger partial charge in [-0.25, -0.2) is 0 Å². The Morgan fingerprint density at radius 2 is 2.21 bits per heavy atom. The van der Waals surface area contributed by atoms with Gasteiger partial charge in [0.1, 0.15) is 0 Å². The number of rotatable bonds is 4. The molecule has 122 valence electrons. The predicted octanol–water partition coefficient (Wildman–Crippen LogP) is 5.01. The Morgan fingerprint density at radius 3 is 2.96 bits per heavy atom. The smallest absolute Gasteiger partial charge is 0.279 e. The van der Waals surface area contributed by atoms with Gasteiger partial charge in [-0.1, -0.05) is 35.1 Å². The van der Waals surface area contributed by atoms with Crippen molar-refractivity contribution in [1.82, 2.24) is 4.57 Å². The Hall–Kier alpha value is -1.82. The molecule has 1 heterocycles. The molecule has 0 radical (unpaired) electrons. The van der Waals surface area contributed by atoms with Crippen LogP contribution in [0.2, 0.25) is 5.02 Å². The van der Waals surface area contributed by atoms with Crippen molar-refractivity contribution >= 4 is 50.8 Å². The number of allylic oxidation sites excluding steroid dienone is 1. The van der Waals surface area contributed by atoms with Crippen LogP contribution in [0.15, 0.2) is 65.0 Å². The minimum Gasteiger partial charge on any atom is -0.312 e. The van der Waals surface area contributed by atoms with E-state index in [9.17, 15) is 4.79 Å². The molecule has 3 rings (SSSR count). The van der Waals surface area contributed by atoms with Crippen molar-refractivity contribution in [3.05, 3.63) is 70.5 Å². The molecule has 3 nitrogen and oxygen atoms in total. The van der Waals surface area contributed by atoms with Crippen molar-refractivity contribution in [2.24, 2.45) is 4.99 Å². The summed E-state index contributed by atoms with van der Waals surface area (Å²) in [5, 5.41) is 0.667. The molecule has 0 fully saturated rings. The van der Waals surface area contributed by atoms with Crippen LogP contribution in [0.5, 0.6) is 0 Å². The summed E-state index contributed by atoms with van der Waals surface area (Å²) in [7, 11) is 0. The highest BCUT2D eigenvalue weighted by Crippen LogP contribution is 2.22. The number of fused-ring (bicyclic) bond motifs is 1. The monoisotopic (exact) mass is 374 g/mol. The molecule has 0 aliphatic heterocycles. The Morgan fingerprint density at radius 1 is 1.38 bits per heavy atom. The number of nitrogens with zero attached hydrogens (tertiary/aromatic N) is 2. The van der Waals surface area contributed by atoms with Crippen molar-refractivity contribution in [1.29, 1.82) is 0 Å². The quantitative estimate of drug-likeness (QED) is 0.475. The molecular formula is C18H15ClN2OS2. The average Bonchev–Trinajstić information content (AvgIpc) is 2.91. The summed E-state index contributed by atoms with van der Waals surface area (Å²) in [6.07, 6.45) is 3.77. The number of aromatic nitrogens is 1. The molecule has 0 saturated heterocycles. The number of benzene rings is 2. The first-order valence-electron chi connectivity index (χ1n) is 7.25. The zero-order valence-electron chi connectivity index (χ0n) is 13.0. The highest BCUT2D eigenvalue weighted by atomic mass is 35.5. The zero-order valence-corrected chi connectivity index (χ0v) is 15.4. The second kappa shape index (κ2) is 7.38. The minimum absolute atomic E-state index is 0.249. The van der Waals surface area contributed by atoms with E-state index in [2.05, 4.69) is 11.6 Å². The van der Waals surface area contributed by atoms with Gasteiger partial charge < -0.3 is 4.57 Å². The maximum Gasteiger partial charge on any atom is 0.279 e. The number of carbonyl (C=O) groups is 1. The topological polar surface area (TPSA) is 34.4 Å². The summed E-state index contributed by atoms with van der Waals surface area (Å²) in [4.78, 5) is 18.6. The van der Waals surface area contributed by atoms with E-state index in [0.717, 1.165) is 15.1 Å². The lowest BCUT2D eigenvalue weighted by atomic mass is 10.2. The van der Waals surface area contributed by atoms with E-state index >= 15 is 0 Å². The standard InChI is InChI=1S/C18H15ClN2OS2/c1-3-9-21-15-8-7-13(19)11-16(15)24-18(21)20-17(22)12-5-4-6-14(10-12)23-2/h3-8,10-11H,1,9H2,2H3. The molecular weight excluding hydrogens is 360 g/mol. The lowest BCUT2D eigenvalue weighted by Gasteiger charge is -2.01. The fourth-order valence-electron chi connectivity index (χ4n) is 2.35. The van der Waals surface area contributed by atoms with E-state index in [1.807, 2.05) is 47.2 Å². The third-order valence-corrected chi connectivity index (χ3v) is 5.47. The molecule has 0 aliphatic rings. The van der Waals surface area contributed by atoms with Crippen LogP contribution in [0.4, 0.5) is 0 Å². The van der Waals surface area contributed by atoms with Gasteiger partial charge in [-0.2, -0.15) is 4.99 Å². The van der Waals surface area contributed by atoms with Gasteiger partial charge in [0.15, 0.2) is 4.80 Å². The molecule has 0 saturated carbocycles. The Kier molecular flexibility index (Phi) is 5.23. The van der Waals surface area contributed by atoms with Crippen LogP contribution in [0.1, 0.15) is 10.4 Å². The minimum atomic E-state index is -0.249. The van der Waals surface area contributed by atoms with E-state index in [1.165, 1.54) is 11.3 Å². The van der Waals surface area contributed by atoms with Crippen molar-refractivity contribution in [2.45, 2.75) is 11.4 Å². The average molecular weight is 375 g/mol. The van der Waals surface area contributed by atoms with E-state index in [4.69, 9.17) is 11.6 Å². The highest BCUT2D eigenvalue weighted by Gasteiger charge is 2.09. The third-order valence-electron chi connectivity index (χ3n) is 3.47. The molecule has 0 atom stereocenters. The SMILES string of the molecule is C=CCn1c(=NC(=O)c2cccc(SC)c2)sc2cc(Cl)ccc21. The van der Waals surface area contributed by atoms with Crippen LogP contribution >= 0.6 is 34.7 Å². The summed E-state index contributed by atoms with van der Waals surface area (Å²) in [5.74, 6) is -0.249. The van der Waals surface area contributed by atoms with Gasteiger partial charge in [0.2, 0.25) is 0 Å². The molecule has 0 bridgehead atoms. The normalized spacial score (nSPS) is 11.8. The van der Waals surface area contributed by atoms with Gasteiger partial charge in [-0.05, 0) is 42.7 Å². The number of halogens is 1. The summed E-state index contributed by atoms with van der Waals surface area (Å²) >= 11 is 9.12. The molecule has 1 amide bonds. The fraction of sp³-hybridized carbons (Fsp3) is 0.111. The second-order valence-electron chi connectivity index (χ2n) is 5.04. The third kappa shape index (κ3) is 3.48. The van der Waals surface area contributed by atoms with Crippen LogP contribution in [-0.4, -0.2) is 16.7 Å². The predicted molar refractivity (Wildman–Crippen MR) is 103 cm³/mol. The molecule has 24 heavy (non-hydrogen) atoms. The summed E-state index contributed by atoms with van der Waals surface area (Å²) in [6, 6.07) is 13.2. The molecule has 0 N–H and O–H groups in total. The number of thioether (sulfide) groups is 1. The Balaban J connectivity index is 2.12. The Labute approximate surface area is 153 Å². The molecule has 6 heteroatoms. The Bertz CT molecular complexity index is 988. The van der Waals surface area contributed by atoms with Crippen molar-refractivity contribution < 1.29 is 4.79 Å². The first-order valence-corrected chi connectivity index (χ1v) is 9.67. The summed E-state index contributed by atoms with van der Waals surface area (Å²) in [5.41, 5.74) is 1.58. The molecule has 1 aromatic heterocycles. The molecule has 3 aromatic rings. The maximum absolute atomic E-state index is 12.5. The van der Waals surface area contributed by atoms with Crippen LogP contribution in [0, 0.1) is 0 Å². The summed E-state index contributed by atoms with van der Waals surface area (Å²) in [6.45, 7) is 4.37. The van der Waals surface area contributed by atoms with Crippen molar-refractivity contribution in [3.8, 4) is 0 Å². The lowest BCUT2D eigenvalue weighted by molar-refractivity contribution is 0.0997. The molecule has 0 spiro atoms. The first-order chi connectivity index (χ1) is 11.6. The second-order valence-corrected chi connectivity index (χ2v) is 7.37. The van der Waals surface area contributed by atoms with Crippen molar-refractivity contribution in [2.75, 3.05) is 6.26 Å². The molecule has 0 unspecified atom stereocenters. The van der Waals surface area contributed by atoms with Crippen LogP contribution in [0.25, 0.3) is 10.2 Å². The van der Waals surface area contributed by atoms with Gasteiger partial charge in [0.05, 0.1) is 10.2 Å². The van der Waals surface area contributed by atoms with Crippen molar-refractivity contribution in [3.63, 3.8) is 0 Å². The summed E-state index contributed by atoms with van der Waals surface area (Å²) < 4.78 is 2.97. The van der Waals surface area contributed by atoms with Crippen LogP contribution < -0.4 is 4.80 Å². The van der Waals surface area contributed by atoms with Gasteiger partial charge in [-0.3, -0.25) is 4.79 Å². The van der Waals surface area contributed by atoms with Gasteiger partial charge in [-0.15, -0.1) is 18.3 Å². The number of hydrogen-bond donors (Lipinski definition) is 0. The molecule has 2 aromatic carbocycles. The fourth-order valence-corrected chi connectivity index (χ4v) is 4.12. The van der Waals surface area contributed by atoms with E-state index in [0.29, 0.717) is 21.9 Å². The van der Waals surface area contributed by atoms with Gasteiger partial charge >= 0.3 is 0 Å². The number of carbonyl (C=O) groups excluding carboxylic acids is 1. The highest BCUT2D eigenvalue weighted by molar-refractivity contribution is 7.98. The number of hydrogen-bond acceptors (Lipinski definition) is 3. The van der Waals surface area contributed by atoms with Gasteiger partial charge in [0, 0.05) is 22.0 Å². The molecule has 0 aliphatic carbocycles. The van der Waals surface area contributed by atoms with E-state index in [-0.39, 0.29) is 5.91 Å². The first kappa shape index (κ1) is 17.0. The van der Waals surface area contributed by atoms with Crippen LogP contribution in [-0.2, 0) is 6.54 Å². The van der Waals surface area contributed by atoms with E-state index in [1.54, 1.807) is 23.9 Å². The van der Waals surface area contributed by atoms with Gasteiger partial charge in [0.25, 0.3) is 5.91 Å². The zero-order chi connectivity index (χ0) is 17.1. The largest absolute Gasteiger partial charge is 0.312 e. The number of thiazole rings is 1. The van der Waals surface area contributed by atoms with E-state index < -0.39 is 0 Å². The maximum atomic E-state index is 12.5. The van der Waals surface area contributed by atoms with Crippen LogP contribution in [0.3, 0.4) is 0 Å². The lowest BCUT2D eigenvalue weighted by Crippen LogP contribution is -2.16.